The number of carbonyl (C=O) groups excluding carboxylic acids is 1. The maximum absolute atomic E-state index is 12.2. The predicted molar refractivity (Wildman–Crippen MR) is 91.5 cm³/mol. The van der Waals surface area contributed by atoms with Gasteiger partial charge in [-0.2, -0.15) is 0 Å². The molecule has 0 fully saturated rings. The van der Waals surface area contributed by atoms with Gasteiger partial charge in [-0.05, 0) is 5.56 Å². The Morgan fingerprint density at radius 3 is 2.88 bits per heavy atom. The first-order chi connectivity index (χ1) is 11.8. The summed E-state index contributed by atoms with van der Waals surface area (Å²) in [5.74, 6) is -0.174. The van der Waals surface area contributed by atoms with Crippen molar-refractivity contribution in [2.75, 3.05) is 5.32 Å². The Bertz CT molecular complexity index is 994. The lowest BCUT2D eigenvalue weighted by Crippen LogP contribution is -2.18. The first kappa shape index (κ1) is 14.5. The van der Waals surface area contributed by atoms with Crippen LogP contribution in [0.25, 0.3) is 21.6 Å². The van der Waals surface area contributed by atoms with Crippen molar-refractivity contribution >= 4 is 33.5 Å². The number of imidazole rings is 1. The fourth-order valence-corrected chi connectivity index (χ4v) is 3.15. The molecule has 0 unspecified atom stereocenters. The molecule has 1 aromatic carbocycles. The lowest BCUT2D eigenvalue weighted by molar-refractivity contribution is -0.116. The maximum Gasteiger partial charge on any atom is 0.246 e. The summed E-state index contributed by atoms with van der Waals surface area (Å²) in [4.78, 5) is 29.6. The van der Waals surface area contributed by atoms with Gasteiger partial charge in [0.1, 0.15) is 18.4 Å². The Kier molecular flexibility index (Phi) is 3.72. The molecule has 0 aliphatic carbocycles. The van der Waals surface area contributed by atoms with Gasteiger partial charge in [-0.15, -0.1) is 0 Å². The fourth-order valence-electron chi connectivity index (χ4n) is 2.31. The molecule has 24 heavy (non-hydrogen) atoms. The summed E-state index contributed by atoms with van der Waals surface area (Å²) in [6, 6.07) is 9.93. The van der Waals surface area contributed by atoms with E-state index in [4.69, 9.17) is 0 Å². The standard InChI is InChI=1S/C16H12N6OS/c23-14(8-22-10-20-15-12(22)6-17-9-19-15)21-16-18-7-13(24-16)11-4-2-1-3-5-11/h1-7,9-10H,8H2,(H,18,21,23). The Labute approximate surface area is 141 Å². The van der Waals surface area contributed by atoms with Crippen LogP contribution in [0.4, 0.5) is 5.13 Å². The Morgan fingerprint density at radius 1 is 1.12 bits per heavy atom. The van der Waals surface area contributed by atoms with E-state index in [0.717, 1.165) is 16.0 Å². The predicted octanol–water partition coefficient (Wildman–Crippen LogP) is 2.59. The Hall–Kier alpha value is -3.13. The quantitative estimate of drug-likeness (QED) is 0.619. The Balaban J connectivity index is 1.48. The number of aromatic nitrogens is 5. The molecule has 0 aliphatic heterocycles. The van der Waals surface area contributed by atoms with Crippen LogP contribution in [0.5, 0.6) is 0 Å². The van der Waals surface area contributed by atoms with E-state index in [0.29, 0.717) is 10.8 Å². The Morgan fingerprint density at radius 2 is 2.00 bits per heavy atom. The van der Waals surface area contributed by atoms with Crippen LogP contribution in [0, 0.1) is 0 Å². The number of amides is 1. The molecule has 0 saturated carbocycles. The molecule has 0 bridgehead atoms. The van der Waals surface area contributed by atoms with Gasteiger partial charge >= 0.3 is 0 Å². The van der Waals surface area contributed by atoms with E-state index in [1.807, 2.05) is 30.3 Å². The first-order valence-electron chi connectivity index (χ1n) is 7.21. The SMILES string of the molecule is O=C(Cn1cnc2ncncc21)Nc1ncc(-c2ccccc2)s1. The zero-order valence-electron chi connectivity index (χ0n) is 12.5. The van der Waals surface area contributed by atoms with Gasteiger partial charge in [-0.25, -0.2) is 19.9 Å². The summed E-state index contributed by atoms with van der Waals surface area (Å²) >= 11 is 1.44. The van der Waals surface area contributed by atoms with Crippen molar-refractivity contribution in [2.45, 2.75) is 6.54 Å². The van der Waals surface area contributed by atoms with Crippen LogP contribution in [-0.2, 0) is 11.3 Å². The maximum atomic E-state index is 12.2. The molecule has 3 aromatic heterocycles. The number of anilines is 1. The molecule has 0 saturated heterocycles. The number of nitrogens with one attached hydrogen (secondary N) is 1. The molecule has 1 amide bonds. The highest BCUT2D eigenvalue weighted by atomic mass is 32.1. The van der Waals surface area contributed by atoms with E-state index in [2.05, 4.69) is 25.3 Å². The van der Waals surface area contributed by atoms with Crippen LogP contribution >= 0.6 is 11.3 Å². The molecule has 0 radical (unpaired) electrons. The molecule has 8 heteroatoms. The van der Waals surface area contributed by atoms with Crippen LogP contribution < -0.4 is 5.32 Å². The van der Waals surface area contributed by atoms with Gasteiger partial charge in [0.15, 0.2) is 10.8 Å². The van der Waals surface area contributed by atoms with Gasteiger partial charge in [0.25, 0.3) is 0 Å². The third-order valence-electron chi connectivity index (χ3n) is 3.43. The van der Waals surface area contributed by atoms with Crippen molar-refractivity contribution in [3.05, 3.63) is 55.4 Å². The van der Waals surface area contributed by atoms with Crippen LogP contribution in [0.15, 0.2) is 55.4 Å². The van der Waals surface area contributed by atoms with E-state index >= 15 is 0 Å². The molecule has 0 spiro atoms. The highest BCUT2D eigenvalue weighted by molar-refractivity contribution is 7.19. The number of thiazole rings is 1. The van der Waals surface area contributed by atoms with Gasteiger partial charge in [0, 0.05) is 6.20 Å². The molecule has 1 N–H and O–H groups in total. The number of fused-ring (bicyclic) bond motifs is 1. The lowest BCUT2D eigenvalue weighted by atomic mass is 10.2. The molecular formula is C16H12N6OS. The highest BCUT2D eigenvalue weighted by Crippen LogP contribution is 2.28. The molecule has 0 aliphatic rings. The number of hydrogen-bond donors (Lipinski definition) is 1. The second-order valence-electron chi connectivity index (χ2n) is 5.05. The molecular weight excluding hydrogens is 324 g/mol. The molecule has 118 valence electrons. The minimum absolute atomic E-state index is 0.129. The summed E-state index contributed by atoms with van der Waals surface area (Å²) < 4.78 is 1.70. The van der Waals surface area contributed by atoms with Crippen LogP contribution in [-0.4, -0.2) is 30.4 Å². The number of rotatable bonds is 4. The van der Waals surface area contributed by atoms with E-state index in [9.17, 15) is 4.79 Å². The number of benzene rings is 1. The number of carbonyl (C=O) groups is 1. The fraction of sp³-hybridized carbons (Fsp3) is 0.0625. The van der Waals surface area contributed by atoms with Crippen molar-refractivity contribution in [3.63, 3.8) is 0 Å². The summed E-state index contributed by atoms with van der Waals surface area (Å²) in [7, 11) is 0. The van der Waals surface area contributed by atoms with Crippen LogP contribution in [0.2, 0.25) is 0 Å². The van der Waals surface area contributed by atoms with Gasteiger partial charge in [-0.3, -0.25) is 4.79 Å². The van der Waals surface area contributed by atoms with Crippen LogP contribution in [0.1, 0.15) is 0 Å². The zero-order valence-corrected chi connectivity index (χ0v) is 13.3. The summed E-state index contributed by atoms with van der Waals surface area (Å²) in [6.07, 6.45) is 6.41. The van der Waals surface area contributed by atoms with Crippen molar-refractivity contribution in [2.24, 2.45) is 0 Å². The second-order valence-corrected chi connectivity index (χ2v) is 6.08. The topological polar surface area (TPSA) is 85.6 Å². The minimum atomic E-state index is -0.174. The summed E-state index contributed by atoms with van der Waals surface area (Å²) in [5.41, 5.74) is 2.36. The monoisotopic (exact) mass is 336 g/mol. The zero-order chi connectivity index (χ0) is 16.4. The third kappa shape index (κ3) is 2.86. The molecule has 0 atom stereocenters. The molecule has 3 heterocycles. The third-order valence-corrected chi connectivity index (χ3v) is 4.39. The highest BCUT2D eigenvalue weighted by Gasteiger charge is 2.11. The number of nitrogens with zero attached hydrogens (tertiary/aromatic N) is 5. The van der Waals surface area contributed by atoms with E-state index < -0.39 is 0 Å². The first-order valence-corrected chi connectivity index (χ1v) is 8.03. The van der Waals surface area contributed by atoms with Gasteiger partial charge in [-0.1, -0.05) is 41.7 Å². The van der Waals surface area contributed by atoms with Crippen molar-refractivity contribution in [1.82, 2.24) is 24.5 Å². The normalized spacial score (nSPS) is 10.8. The van der Waals surface area contributed by atoms with Gasteiger partial charge in [0.05, 0.1) is 17.4 Å². The number of hydrogen-bond acceptors (Lipinski definition) is 6. The average Bonchev–Trinajstić information content (AvgIpc) is 3.23. The van der Waals surface area contributed by atoms with E-state index in [1.54, 1.807) is 23.3 Å². The summed E-state index contributed by atoms with van der Waals surface area (Å²) in [5, 5.41) is 3.38. The largest absolute Gasteiger partial charge is 0.318 e. The van der Waals surface area contributed by atoms with Crippen molar-refractivity contribution < 1.29 is 4.79 Å². The summed E-state index contributed by atoms with van der Waals surface area (Å²) in [6.45, 7) is 0.129. The molecule has 7 nitrogen and oxygen atoms in total. The van der Waals surface area contributed by atoms with Gasteiger partial charge < -0.3 is 9.88 Å². The minimum Gasteiger partial charge on any atom is -0.318 e. The lowest BCUT2D eigenvalue weighted by Gasteiger charge is -2.03. The molecule has 4 aromatic rings. The molecule has 4 rings (SSSR count). The van der Waals surface area contributed by atoms with Crippen molar-refractivity contribution in [1.29, 1.82) is 0 Å². The second kappa shape index (κ2) is 6.17. The van der Waals surface area contributed by atoms with Crippen molar-refractivity contribution in [3.8, 4) is 10.4 Å². The van der Waals surface area contributed by atoms with Crippen LogP contribution in [0.3, 0.4) is 0 Å². The average molecular weight is 336 g/mol. The van der Waals surface area contributed by atoms with E-state index in [-0.39, 0.29) is 12.5 Å². The smallest absolute Gasteiger partial charge is 0.246 e. The van der Waals surface area contributed by atoms with Gasteiger partial charge in [0.2, 0.25) is 5.91 Å². The van der Waals surface area contributed by atoms with E-state index in [1.165, 1.54) is 17.7 Å².